The third kappa shape index (κ3) is 3.93. The van der Waals surface area contributed by atoms with E-state index >= 15 is 0 Å². The summed E-state index contributed by atoms with van der Waals surface area (Å²) in [6, 6.07) is 14.0. The molecule has 1 aromatic heterocycles. The molecule has 0 spiro atoms. The molecule has 0 aliphatic heterocycles. The average Bonchev–Trinajstić information content (AvgIpc) is 2.46. The van der Waals surface area contributed by atoms with Gasteiger partial charge in [0.15, 0.2) is 0 Å². The molecule has 1 aromatic carbocycles. The molecule has 0 bridgehead atoms. The summed E-state index contributed by atoms with van der Waals surface area (Å²) in [5.41, 5.74) is 3.37. The van der Waals surface area contributed by atoms with E-state index in [0.717, 1.165) is 17.1 Å². The van der Waals surface area contributed by atoms with Crippen LogP contribution in [0.1, 0.15) is 37.4 Å². The Morgan fingerprint density at radius 2 is 1.95 bits per heavy atom. The van der Waals surface area contributed by atoms with E-state index in [2.05, 4.69) is 30.1 Å². The van der Waals surface area contributed by atoms with Gasteiger partial charge in [-0.2, -0.15) is 0 Å². The Hall–Kier alpha value is -1.60. The molecule has 1 heterocycles. The van der Waals surface area contributed by atoms with Gasteiger partial charge in [-0.3, -0.25) is 4.98 Å². The van der Waals surface area contributed by atoms with Gasteiger partial charge >= 0.3 is 0 Å². The normalized spacial score (nSPS) is 11.6. The van der Waals surface area contributed by atoms with Crippen LogP contribution in [0.5, 0.6) is 0 Å². The Morgan fingerprint density at radius 3 is 2.58 bits per heavy atom. The molecule has 0 unspecified atom stereocenters. The maximum absolute atomic E-state index is 5.95. The molecular formula is C17H18ClN. The van der Waals surface area contributed by atoms with Gasteiger partial charge in [-0.15, -0.1) is 0 Å². The molecule has 1 nitrogen and oxygen atoms in total. The summed E-state index contributed by atoms with van der Waals surface area (Å²) in [5, 5.41) is 0.762. The third-order valence-corrected chi connectivity index (χ3v) is 3.25. The summed E-state index contributed by atoms with van der Waals surface area (Å²) in [4.78, 5) is 4.46. The number of aromatic nitrogens is 1. The highest BCUT2D eigenvalue weighted by atomic mass is 35.5. The lowest BCUT2D eigenvalue weighted by molar-refractivity contribution is 0.815. The number of halogens is 1. The van der Waals surface area contributed by atoms with Gasteiger partial charge in [0, 0.05) is 16.8 Å². The van der Waals surface area contributed by atoms with Gasteiger partial charge in [-0.1, -0.05) is 55.6 Å². The van der Waals surface area contributed by atoms with E-state index in [0.29, 0.717) is 0 Å². The fourth-order valence-corrected chi connectivity index (χ4v) is 2.10. The van der Waals surface area contributed by atoms with Crippen molar-refractivity contribution >= 4 is 17.2 Å². The average molecular weight is 272 g/mol. The lowest BCUT2D eigenvalue weighted by Crippen LogP contribution is -1.91. The highest BCUT2D eigenvalue weighted by Gasteiger charge is 2.05. The first kappa shape index (κ1) is 13.8. The Labute approximate surface area is 120 Å². The van der Waals surface area contributed by atoms with Crippen molar-refractivity contribution in [3.8, 4) is 0 Å². The second kappa shape index (κ2) is 7.10. The molecule has 2 aromatic rings. The van der Waals surface area contributed by atoms with Crippen LogP contribution in [-0.4, -0.2) is 4.98 Å². The second-order valence-electron chi connectivity index (χ2n) is 4.48. The highest BCUT2D eigenvalue weighted by molar-refractivity contribution is 6.30. The summed E-state index contributed by atoms with van der Waals surface area (Å²) in [5.74, 6) is 0. The first-order chi connectivity index (χ1) is 9.31. The van der Waals surface area contributed by atoms with Crippen molar-refractivity contribution in [2.75, 3.05) is 0 Å². The standard InChI is InChI=1S/C17H18ClN/c1-2-3-4-7-16(17-8-5-6-13-19-17)14-9-11-15(18)12-10-14/h5-13H,2-4H2,1H3/b16-7-. The predicted molar refractivity (Wildman–Crippen MR) is 82.3 cm³/mol. The van der Waals surface area contributed by atoms with Gasteiger partial charge in [-0.05, 0) is 36.2 Å². The lowest BCUT2D eigenvalue weighted by Gasteiger charge is -2.08. The number of unbranched alkanes of at least 4 members (excludes halogenated alkanes) is 2. The van der Waals surface area contributed by atoms with E-state index in [-0.39, 0.29) is 0 Å². The quantitative estimate of drug-likeness (QED) is 0.668. The molecule has 2 heteroatoms. The van der Waals surface area contributed by atoms with Gasteiger partial charge in [0.05, 0.1) is 5.69 Å². The summed E-state index contributed by atoms with van der Waals surface area (Å²) in [7, 11) is 0. The van der Waals surface area contributed by atoms with Crippen molar-refractivity contribution in [3.05, 3.63) is 71.0 Å². The zero-order valence-electron chi connectivity index (χ0n) is 11.1. The van der Waals surface area contributed by atoms with Crippen molar-refractivity contribution in [1.29, 1.82) is 0 Å². The Balaban J connectivity index is 2.34. The van der Waals surface area contributed by atoms with Gasteiger partial charge in [0.1, 0.15) is 0 Å². The largest absolute Gasteiger partial charge is 0.256 e. The molecule has 0 fully saturated rings. The van der Waals surface area contributed by atoms with Gasteiger partial charge < -0.3 is 0 Å². The zero-order chi connectivity index (χ0) is 13.5. The predicted octanol–water partition coefficient (Wildman–Crippen LogP) is 5.36. The molecule has 0 radical (unpaired) electrons. The number of pyridine rings is 1. The van der Waals surface area contributed by atoms with Gasteiger partial charge in [0.25, 0.3) is 0 Å². The minimum atomic E-state index is 0.762. The van der Waals surface area contributed by atoms with Crippen molar-refractivity contribution in [3.63, 3.8) is 0 Å². The first-order valence-electron chi connectivity index (χ1n) is 6.68. The van der Waals surface area contributed by atoms with E-state index in [1.54, 1.807) is 0 Å². The lowest BCUT2D eigenvalue weighted by atomic mass is 10.0. The Kier molecular flexibility index (Phi) is 5.17. The van der Waals surface area contributed by atoms with Crippen LogP contribution in [0.2, 0.25) is 5.02 Å². The molecule has 19 heavy (non-hydrogen) atoms. The molecule has 0 N–H and O–H groups in total. The monoisotopic (exact) mass is 271 g/mol. The molecule has 0 aliphatic rings. The second-order valence-corrected chi connectivity index (χ2v) is 4.92. The topological polar surface area (TPSA) is 12.9 Å². The zero-order valence-corrected chi connectivity index (χ0v) is 11.9. The van der Waals surface area contributed by atoms with Gasteiger partial charge in [0.2, 0.25) is 0 Å². The summed E-state index contributed by atoms with van der Waals surface area (Å²) >= 11 is 5.95. The van der Waals surface area contributed by atoms with E-state index in [1.165, 1.54) is 24.0 Å². The highest BCUT2D eigenvalue weighted by Crippen LogP contribution is 2.24. The smallest absolute Gasteiger partial charge is 0.0704 e. The number of hydrogen-bond acceptors (Lipinski definition) is 1. The van der Waals surface area contributed by atoms with Crippen molar-refractivity contribution < 1.29 is 0 Å². The Bertz CT molecular complexity index is 529. The molecule has 0 saturated heterocycles. The first-order valence-corrected chi connectivity index (χ1v) is 7.06. The van der Waals surface area contributed by atoms with Crippen LogP contribution in [0, 0.1) is 0 Å². The molecule has 0 atom stereocenters. The number of hydrogen-bond donors (Lipinski definition) is 0. The fraction of sp³-hybridized carbons (Fsp3) is 0.235. The number of rotatable bonds is 5. The van der Waals surface area contributed by atoms with Gasteiger partial charge in [-0.25, -0.2) is 0 Å². The summed E-state index contributed by atoms with van der Waals surface area (Å²) in [6.07, 6.45) is 7.58. The van der Waals surface area contributed by atoms with E-state index in [4.69, 9.17) is 11.6 Å². The van der Waals surface area contributed by atoms with Crippen LogP contribution in [-0.2, 0) is 0 Å². The minimum absolute atomic E-state index is 0.762. The molecular weight excluding hydrogens is 254 g/mol. The Morgan fingerprint density at radius 1 is 1.16 bits per heavy atom. The van der Waals surface area contributed by atoms with Crippen LogP contribution < -0.4 is 0 Å². The van der Waals surface area contributed by atoms with E-state index in [1.807, 2.05) is 36.5 Å². The van der Waals surface area contributed by atoms with Crippen molar-refractivity contribution in [2.24, 2.45) is 0 Å². The van der Waals surface area contributed by atoms with Crippen LogP contribution >= 0.6 is 11.6 Å². The molecule has 0 aliphatic carbocycles. The SMILES string of the molecule is CCCC/C=C(/c1ccc(Cl)cc1)c1ccccn1. The maximum Gasteiger partial charge on any atom is 0.0704 e. The molecule has 0 amide bonds. The van der Waals surface area contributed by atoms with Crippen LogP contribution in [0.25, 0.3) is 5.57 Å². The van der Waals surface area contributed by atoms with E-state index in [9.17, 15) is 0 Å². The van der Waals surface area contributed by atoms with Crippen LogP contribution in [0.3, 0.4) is 0 Å². The summed E-state index contributed by atoms with van der Waals surface area (Å²) < 4.78 is 0. The minimum Gasteiger partial charge on any atom is -0.256 e. The molecule has 2 rings (SSSR count). The maximum atomic E-state index is 5.95. The third-order valence-electron chi connectivity index (χ3n) is 3.00. The molecule has 98 valence electrons. The molecule has 0 saturated carbocycles. The number of benzene rings is 1. The number of allylic oxidation sites excluding steroid dienone is 1. The summed E-state index contributed by atoms with van der Waals surface area (Å²) in [6.45, 7) is 2.20. The van der Waals surface area contributed by atoms with Crippen LogP contribution in [0.4, 0.5) is 0 Å². The van der Waals surface area contributed by atoms with Crippen molar-refractivity contribution in [2.45, 2.75) is 26.2 Å². The number of nitrogens with zero attached hydrogens (tertiary/aromatic N) is 1. The van der Waals surface area contributed by atoms with Crippen molar-refractivity contribution in [1.82, 2.24) is 4.98 Å². The fourth-order valence-electron chi connectivity index (χ4n) is 1.97. The van der Waals surface area contributed by atoms with Crippen LogP contribution in [0.15, 0.2) is 54.7 Å². The van der Waals surface area contributed by atoms with E-state index < -0.39 is 0 Å².